The maximum Gasteiger partial charge on any atom is -0.0155 e. The van der Waals surface area contributed by atoms with Crippen LogP contribution >= 0.6 is 0 Å². The number of benzene rings is 1. The molecule has 2 unspecified atom stereocenters. The van der Waals surface area contributed by atoms with E-state index in [0.717, 1.165) is 18.3 Å². The van der Waals surface area contributed by atoms with E-state index < -0.39 is 0 Å². The molecule has 1 saturated carbocycles. The van der Waals surface area contributed by atoms with Crippen LogP contribution in [0.1, 0.15) is 58.6 Å². The van der Waals surface area contributed by atoms with Gasteiger partial charge < -0.3 is 0 Å². The second-order valence-electron chi connectivity index (χ2n) is 6.22. The lowest BCUT2D eigenvalue weighted by Crippen LogP contribution is -1.90. The molecule has 0 heteroatoms. The van der Waals surface area contributed by atoms with E-state index in [0.29, 0.717) is 0 Å². The molecule has 0 bridgehead atoms. The minimum Gasteiger partial charge on any atom is -0.103 e. The van der Waals surface area contributed by atoms with Crippen molar-refractivity contribution < 1.29 is 0 Å². The zero-order valence-corrected chi connectivity index (χ0v) is 17.8. The molecule has 0 amide bonds. The van der Waals surface area contributed by atoms with E-state index in [9.17, 15) is 0 Å². The van der Waals surface area contributed by atoms with Gasteiger partial charge in [-0.05, 0) is 59.9 Å². The summed E-state index contributed by atoms with van der Waals surface area (Å²) in [5.74, 6) is 1.64. The third-order valence-electron chi connectivity index (χ3n) is 4.33. The van der Waals surface area contributed by atoms with Gasteiger partial charge in [0, 0.05) is 0 Å². The molecule has 4 rings (SSSR count). The van der Waals surface area contributed by atoms with Crippen LogP contribution in [0.2, 0.25) is 0 Å². The van der Waals surface area contributed by atoms with Crippen molar-refractivity contribution >= 4 is 11.1 Å². The van der Waals surface area contributed by atoms with Crippen molar-refractivity contribution in [1.29, 1.82) is 0 Å². The average molecular weight is 361 g/mol. The first-order valence-corrected chi connectivity index (χ1v) is 10.4. The summed E-state index contributed by atoms with van der Waals surface area (Å²) in [5, 5.41) is 0. The highest BCUT2D eigenvalue weighted by Crippen LogP contribution is 2.46. The van der Waals surface area contributed by atoms with Crippen molar-refractivity contribution in [2.75, 3.05) is 0 Å². The van der Waals surface area contributed by atoms with E-state index in [2.05, 4.69) is 79.5 Å². The molecule has 0 nitrogen and oxygen atoms in total. The summed E-state index contributed by atoms with van der Waals surface area (Å²) in [6.07, 6.45) is 22.2. The Morgan fingerprint density at radius 2 is 1.59 bits per heavy atom. The lowest BCUT2D eigenvalue weighted by Gasteiger charge is -2.09. The van der Waals surface area contributed by atoms with Crippen LogP contribution < -0.4 is 0 Å². The highest BCUT2D eigenvalue weighted by atomic mass is 14.4. The molecule has 0 aliphatic heterocycles. The maximum absolute atomic E-state index is 3.36. The average Bonchev–Trinajstić information content (AvgIpc) is 3.54. The molecule has 0 aromatic heterocycles. The number of hydrogen-bond acceptors (Lipinski definition) is 0. The van der Waals surface area contributed by atoms with Gasteiger partial charge in [0.15, 0.2) is 0 Å². The van der Waals surface area contributed by atoms with Crippen LogP contribution in [0, 0.1) is 11.8 Å². The Morgan fingerprint density at radius 1 is 0.926 bits per heavy atom. The van der Waals surface area contributed by atoms with Gasteiger partial charge in [0.2, 0.25) is 0 Å². The van der Waals surface area contributed by atoms with E-state index >= 15 is 0 Å². The predicted molar refractivity (Wildman–Crippen MR) is 125 cm³/mol. The van der Waals surface area contributed by atoms with Crippen molar-refractivity contribution in [2.45, 2.75) is 47.5 Å². The largest absolute Gasteiger partial charge is 0.103 e. The van der Waals surface area contributed by atoms with Crippen LogP contribution in [-0.2, 0) is 0 Å². The van der Waals surface area contributed by atoms with Gasteiger partial charge in [0.1, 0.15) is 0 Å². The van der Waals surface area contributed by atoms with Crippen molar-refractivity contribution in [3.8, 4) is 0 Å². The normalized spacial score (nSPS) is 20.6. The molecule has 3 aliphatic carbocycles. The van der Waals surface area contributed by atoms with Crippen LogP contribution in [0.25, 0.3) is 11.1 Å². The molecule has 144 valence electrons. The molecule has 3 aliphatic rings. The zero-order valence-electron chi connectivity index (χ0n) is 17.8. The molecule has 1 fully saturated rings. The van der Waals surface area contributed by atoms with Crippen LogP contribution in [0.3, 0.4) is 0 Å². The first-order valence-electron chi connectivity index (χ1n) is 10.4. The number of rotatable bonds is 2. The fraction of sp³-hybridized carbons (Fsp3) is 0.333. The lowest BCUT2D eigenvalue weighted by atomic mass is 9.95. The van der Waals surface area contributed by atoms with Gasteiger partial charge in [-0.2, -0.15) is 0 Å². The summed E-state index contributed by atoms with van der Waals surface area (Å²) < 4.78 is 0. The maximum atomic E-state index is 3.36. The van der Waals surface area contributed by atoms with Gasteiger partial charge in [0.05, 0.1) is 0 Å². The van der Waals surface area contributed by atoms with E-state index in [-0.39, 0.29) is 0 Å². The summed E-state index contributed by atoms with van der Waals surface area (Å²) in [7, 11) is 0. The molecule has 27 heavy (non-hydrogen) atoms. The highest BCUT2D eigenvalue weighted by Gasteiger charge is 2.34. The molecule has 0 heterocycles. The summed E-state index contributed by atoms with van der Waals surface area (Å²) >= 11 is 0. The molecular weight excluding hydrogens is 324 g/mol. The second kappa shape index (κ2) is 12.9. The van der Waals surface area contributed by atoms with E-state index in [1.165, 1.54) is 28.7 Å². The fourth-order valence-electron chi connectivity index (χ4n) is 3.03. The Labute approximate surface area is 167 Å². The highest BCUT2D eigenvalue weighted by molar-refractivity contribution is 5.81. The SMILES string of the molecule is C1=CCC=C(c2cccc(C3=CC4CC4C=C3)c2)C=C1.C=CC.CC.CC. The topological polar surface area (TPSA) is 0 Å². The lowest BCUT2D eigenvalue weighted by molar-refractivity contribution is 0.985. The van der Waals surface area contributed by atoms with Crippen molar-refractivity contribution in [3.05, 3.63) is 96.7 Å². The Morgan fingerprint density at radius 3 is 2.26 bits per heavy atom. The van der Waals surface area contributed by atoms with Crippen molar-refractivity contribution in [3.63, 3.8) is 0 Å². The summed E-state index contributed by atoms with van der Waals surface area (Å²) in [4.78, 5) is 0. The molecule has 0 N–H and O–H groups in total. The summed E-state index contributed by atoms with van der Waals surface area (Å²) in [6.45, 7) is 13.2. The van der Waals surface area contributed by atoms with Crippen LogP contribution in [0.4, 0.5) is 0 Å². The van der Waals surface area contributed by atoms with Crippen molar-refractivity contribution in [2.24, 2.45) is 11.8 Å². The van der Waals surface area contributed by atoms with Gasteiger partial charge >= 0.3 is 0 Å². The standard InChI is InChI=1S/C20H18.C3H6.2C2H6/c1-2-4-7-15(6-3-1)16-8-5-9-17(12-16)18-10-11-19-14-20(19)13-18;1-3-2;2*1-2/h1-3,5-13,19-20H,4,14H2;3H,1H2,2H3;2*1-2H3. The van der Waals surface area contributed by atoms with Crippen LogP contribution in [0.5, 0.6) is 0 Å². The Hall–Kier alpha value is -2.34. The van der Waals surface area contributed by atoms with Gasteiger partial charge in [-0.1, -0.05) is 101 Å². The third kappa shape index (κ3) is 7.06. The first-order chi connectivity index (χ1) is 13.3. The van der Waals surface area contributed by atoms with Crippen LogP contribution in [0.15, 0.2) is 85.5 Å². The molecule has 0 spiro atoms. The molecule has 0 radical (unpaired) electrons. The van der Waals surface area contributed by atoms with E-state index in [1.807, 2.05) is 34.6 Å². The second-order valence-corrected chi connectivity index (χ2v) is 6.22. The summed E-state index contributed by atoms with van der Waals surface area (Å²) in [5.41, 5.74) is 5.37. The number of hydrogen-bond donors (Lipinski definition) is 0. The van der Waals surface area contributed by atoms with Gasteiger partial charge in [-0.3, -0.25) is 0 Å². The van der Waals surface area contributed by atoms with E-state index in [1.54, 1.807) is 6.08 Å². The predicted octanol–water partition coefficient (Wildman–Crippen LogP) is 8.42. The third-order valence-corrected chi connectivity index (χ3v) is 4.33. The molecule has 0 saturated heterocycles. The smallest absolute Gasteiger partial charge is 0.0155 e. The van der Waals surface area contributed by atoms with Crippen molar-refractivity contribution in [1.82, 2.24) is 0 Å². The van der Waals surface area contributed by atoms with Gasteiger partial charge in [-0.15, -0.1) is 6.58 Å². The summed E-state index contributed by atoms with van der Waals surface area (Å²) in [6, 6.07) is 8.92. The van der Waals surface area contributed by atoms with E-state index in [4.69, 9.17) is 0 Å². The minimum atomic E-state index is 0.805. The van der Waals surface area contributed by atoms with Gasteiger partial charge in [-0.25, -0.2) is 0 Å². The quantitative estimate of drug-likeness (QED) is 0.464. The number of fused-ring (bicyclic) bond motifs is 1. The molecule has 1 aromatic rings. The van der Waals surface area contributed by atoms with Gasteiger partial charge in [0.25, 0.3) is 0 Å². The minimum absolute atomic E-state index is 0.805. The van der Waals surface area contributed by atoms with Crippen LogP contribution in [-0.4, -0.2) is 0 Å². The molecular formula is C27H36. The first kappa shape index (κ1) is 22.7. The monoisotopic (exact) mass is 360 g/mol. The Bertz CT molecular complexity index is 705. The number of allylic oxidation sites excluding steroid dienone is 11. The molecule has 1 aromatic carbocycles. The Balaban J connectivity index is 0.000000466. The zero-order chi connectivity index (χ0) is 20.1. The Kier molecular flexibility index (Phi) is 10.9. The fourth-order valence-corrected chi connectivity index (χ4v) is 3.03. The molecule has 2 atom stereocenters.